The number of hydrogen-bond acceptors (Lipinski definition) is 5. The summed E-state index contributed by atoms with van der Waals surface area (Å²) in [4.78, 5) is 32.1. The van der Waals surface area contributed by atoms with Crippen molar-refractivity contribution in [3.05, 3.63) is 52.3 Å². The summed E-state index contributed by atoms with van der Waals surface area (Å²) in [6.07, 6.45) is 0. The molecule has 2 N–H and O–H groups in total. The molecule has 0 atom stereocenters. The number of thiazole rings is 1. The average molecular weight is 384 g/mol. The molecule has 6 nitrogen and oxygen atoms in total. The van der Waals surface area contributed by atoms with Crippen LogP contribution in [0.5, 0.6) is 0 Å². The van der Waals surface area contributed by atoms with Crippen LogP contribution >= 0.6 is 22.7 Å². The molecule has 1 fully saturated rings. The second-order valence-electron chi connectivity index (χ2n) is 5.80. The molecule has 1 aliphatic rings. The van der Waals surface area contributed by atoms with E-state index in [0.29, 0.717) is 23.7 Å². The molecule has 1 aromatic carbocycles. The third-order valence-electron chi connectivity index (χ3n) is 4.03. The fraction of sp³-hybridized carbons (Fsp3) is 0.167. The maximum Gasteiger partial charge on any atom is 0.321 e. The molecule has 0 spiro atoms. The topological polar surface area (TPSA) is 74.3 Å². The number of benzene rings is 1. The Balaban J connectivity index is 1.49. The zero-order chi connectivity index (χ0) is 18.1. The van der Waals surface area contributed by atoms with E-state index in [1.807, 2.05) is 36.6 Å². The number of carbonyl (C=O) groups excluding carboxylic acids is 2. The van der Waals surface area contributed by atoms with E-state index in [1.54, 1.807) is 28.4 Å². The van der Waals surface area contributed by atoms with Crippen molar-refractivity contribution in [1.29, 1.82) is 0 Å². The predicted molar refractivity (Wildman–Crippen MR) is 105 cm³/mol. The number of anilines is 2. The van der Waals surface area contributed by atoms with Crippen molar-refractivity contribution in [2.24, 2.45) is 0 Å². The summed E-state index contributed by atoms with van der Waals surface area (Å²) in [5, 5.41) is 8.52. The number of aryl methyl sites for hydroxylation is 1. The van der Waals surface area contributed by atoms with E-state index < -0.39 is 0 Å². The number of rotatable bonds is 4. The molecule has 8 heteroatoms. The lowest BCUT2D eigenvalue weighted by Crippen LogP contribution is -2.27. The van der Waals surface area contributed by atoms with Gasteiger partial charge >= 0.3 is 6.03 Å². The van der Waals surface area contributed by atoms with Crippen LogP contribution in [0.15, 0.2) is 41.8 Å². The van der Waals surface area contributed by atoms with Gasteiger partial charge in [0.1, 0.15) is 9.88 Å². The summed E-state index contributed by atoms with van der Waals surface area (Å²) in [6.45, 7) is 3.14. The van der Waals surface area contributed by atoms with Crippen LogP contribution < -0.4 is 15.5 Å². The monoisotopic (exact) mass is 384 g/mol. The molecule has 1 saturated heterocycles. The van der Waals surface area contributed by atoms with E-state index in [2.05, 4.69) is 15.6 Å². The van der Waals surface area contributed by atoms with Crippen molar-refractivity contribution >= 4 is 46.0 Å². The highest BCUT2D eigenvalue weighted by molar-refractivity contribution is 7.22. The number of aromatic nitrogens is 1. The van der Waals surface area contributed by atoms with Crippen LogP contribution in [0.4, 0.5) is 16.2 Å². The average Bonchev–Trinajstić information content (AvgIpc) is 3.36. The maximum absolute atomic E-state index is 12.6. The van der Waals surface area contributed by atoms with Gasteiger partial charge in [-0.1, -0.05) is 6.07 Å². The van der Waals surface area contributed by atoms with Crippen LogP contribution in [0.2, 0.25) is 0 Å². The number of urea groups is 1. The zero-order valence-electron chi connectivity index (χ0n) is 14.0. The molecular formula is C18H16N4O2S2. The van der Waals surface area contributed by atoms with Crippen molar-refractivity contribution in [3.8, 4) is 9.88 Å². The minimum absolute atomic E-state index is 0.0943. The van der Waals surface area contributed by atoms with E-state index in [1.165, 1.54) is 11.3 Å². The molecule has 0 aliphatic carbocycles. The Morgan fingerprint density at radius 1 is 1.27 bits per heavy atom. The Bertz CT molecular complexity index is 948. The second-order valence-corrected chi connectivity index (χ2v) is 7.74. The lowest BCUT2D eigenvalue weighted by molar-refractivity contribution is 0.103. The normalized spacial score (nSPS) is 13.7. The molecule has 132 valence electrons. The molecule has 2 aromatic heterocycles. The van der Waals surface area contributed by atoms with E-state index in [-0.39, 0.29) is 11.9 Å². The molecule has 26 heavy (non-hydrogen) atoms. The van der Waals surface area contributed by atoms with Crippen LogP contribution in [-0.2, 0) is 0 Å². The molecule has 3 heterocycles. The minimum atomic E-state index is -0.172. The molecule has 0 unspecified atom stereocenters. The van der Waals surface area contributed by atoms with Gasteiger partial charge in [-0.3, -0.25) is 9.69 Å². The number of hydrogen-bond donors (Lipinski definition) is 2. The minimum Gasteiger partial charge on any atom is -0.336 e. The number of thiophene rings is 1. The summed E-state index contributed by atoms with van der Waals surface area (Å²) in [5.74, 6) is -0.172. The SMILES string of the molecule is Cc1nc(-c2cccs2)sc1C(=O)Nc1ccc(N2CCNC2=O)cc1. The highest BCUT2D eigenvalue weighted by Crippen LogP contribution is 2.31. The highest BCUT2D eigenvalue weighted by atomic mass is 32.1. The standard InChI is InChI=1S/C18H16N4O2S2/c1-11-15(26-17(20-11)14-3-2-10-25-14)16(23)21-12-4-6-13(7-5-12)22-9-8-19-18(22)24/h2-7,10H,8-9H2,1H3,(H,19,24)(H,21,23). The van der Waals surface area contributed by atoms with Gasteiger partial charge in [0.25, 0.3) is 5.91 Å². The Morgan fingerprint density at radius 3 is 2.73 bits per heavy atom. The van der Waals surface area contributed by atoms with Gasteiger partial charge in [-0.2, -0.15) is 0 Å². The number of carbonyl (C=O) groups is 2. The number of nitrogens with one attached hydrogen (secondary N) is 2. The van der Waals surface area contributed by atoms with Gasteiger partial charge in [0.15, 0.2) is 0 Å². The fourth-order valence-electron chi connectivity index (χ4n) is 2.74. The van der Waals surface area contributed by atoms with Crippen LogP contribution in [0.1, 0.15) is 15.4 Å². The first-order chi connectivity index (χ1) is 12.6. The van der Waals surface area contributed by atoms with Crippen molar-refractivity contribution in [2.75, 3.05) is 23.3 Å². The van der Waals surface area contributed by atoms with Crippen LogP contribution in [0.25, 0.3) is 9.88 Å². The lowest BCUT2D eigenvalue weighted by atomic mass is 10.2. The van der Waals surface area contributed by atoms with Gasteiger partial charge in [-0.15, -0.1) is 22.7 Å². The Labute approximate surface area is 158 Å². The van der Waals surface area contributed by atoms with E-state index in [9.17, 15) is 9.59 Å². The van der Waals surface area contributed by atoms with E-state index >= 15 is 0 Å². The van der Waals surface area contributed by atoms with Gasteiger partial charge in [-0.05, 0) is 42.6 Å². The van der Waals surface area contributed by atoms with Gasteiger partial charge in [-0.25, -0.2) is 9.78 Å². The lowest BCUT2D eigenvalue weighted by Gasteiger charge is -2.14. The smallest absolute Gasteiger partial charge is 0.321 e. The molecule has 4 rings (SSSR count). The Hall–Kier alpha value is -2.71. The Kier molecular flexibility index (Phi) is 4.44. The highest BCUT2D eigenvalue weighted by Gasteiger charge is 2.21. The molecule has 0 radical (unpaired) electrons. The number of nitrogens with zero attached hydrogens (tertiary/aromatic N) is 2. The van der Waals surface area contributed by atoms with E-state index in [4.69, 9.17) is 0 Å². The third-order valence-corrected chi connectivity index (χ3v) is 6.22. The molecule has 0 saturated carbocycles. The van der Waals surface area contributed by atoms with Crippen molar-refractivity contribution in [3.63, 3.8) is 0 Å². The first-order valence-corrected chi connectivity index (χ1v) is 9.79. The maximum atomic E-state index is 12.6. The summed E-state index contributed by atoms with van der Waals surface area (Å²) in [5.41, 5.74) is 2.22. The fourth-order valence-corrected chi connectivity index (χ4v) is 4.50. The largest absolute Gasteiger partial charge is 0.336 e. The third kappa shape index (κ3) is 3.21. The van der Waals surface area contributed by atoms with Crippen molar-refractivity contribution in [1.82, 2.24) is 10.3 Å². The molecule has 3 amide bonds. The van der Waals surface area contributed by atoms with Crippen LogP contribution in [-0.4, -0.2) is 30.0 Å². The van der Waals surface area contributed by atoms with Crippen molar-refractivity contribution in [2.45, 2.75) is 6.92 Å². The second kappa shape index (κ2) is 6.89. The van der Waals surface area contributed by atoms with Crippen LogP contribution in [0, 0.1) is 6.92 Å². The van der Waals surface area contributed by atoms with Crippen molar-refractivity contribution < 1.29 is 9.59 Å². The summed E-state index contributed by atoms with van der Waals surface area (Å²) in [6, 6.07) is 11.1. The number of amides is 3. The van der Waals surface area contributed by atoms with Gasteiger partial charge in [0.05, 0.1) is 10.6 Å². The molecular weight excluding hydrogens is 368 g/mol. The molecule has 0 bridgehead atoms. The van der Waals surface area contributed by atoms with E-state index in [0.717, 1.165) is 21.3 Å². The quantitative estimate of drug-likeness (QED) is 0.715. The van der Waals surface area contributed by atoms with Gasteiger partial charge < -0.3 is 10.6 Å². The summed E-state index contributed by atoms with van der Waals surface area (Å²) in [7, 11) is 0. The van der Waals surface area contributed by atoms with Gasteiger partial charge in [0, 0.05) is 24.5 Å². The molecule has 1 aliphatic heterocycles. The first kappa shape index (κ1) is 16.7. The Morgan fingerprint density at radius 2 is 2.08 bits per heavy atom. The first-order valence-electron chi connectivity index (χ1n) is 8.10. The zero-order valence-corrected chi connectivity index (χ0v) is 15.6. The van der Waals surface area contributed by atoms with Crippen LogP contribution in [0.3, 0.4) is 0 Å². The summed E-state index contributed by atoms with van der Waals surface area (Å²) < 4.78 is 0. The van der Waals surface area contributed by atoms with Gasteiger partial charge in [0.2, 0.25) is 0 Å². The molecule has 3 aromatic rings. The predicted octanol–water partition coefficient (Wildman–Crippen LogP) is 3.96. The summed E-state index contributed by atoms with van der Waals surface area (Å²) >= 11 is 3.00.